The van der Waals surface area contributed by atoms with Crippen molar-refractivity contribution < 1.29 is 24.6 Å². The Hall–Kier alpha value is -4.00. The van der Waals surface area contributed by atoms with Gasteiger partial charge in [-0.2, -0.15) is 0 Å². The molecule has 2 aromatic carbocycles. The average Bonchev–Trinajstić information content (AvgIpc) is 2.80. The molecular weight excluding hydrogens is 408 g/mol. The number of hydrogen-bond donors (Lipinski definition) is 3. The van der Waals surface area contributed by atoms with Gasteiger partial charge in [0.1, 0.15) is 5.69 Å². The van der Waals surface area contributed by atoms with Gasteiger partial charge in [-0.05, 0) is 41.7 Å². The lowest BCUT2D eigenvalue weighted by atomic mass is 9.95. The van der Waals surface area contributed by atoms with Crippen LogP contribution >= 0.6 is 0 Å². The van der Waals surface area contributed by atoms with Crippen molar-refractivity contribution >= 4 is 17.8 Å². The van der Waals surface area contributed by atoms with Gasteiger partial charge in [0.2, 0.25) is 0 Å². The van der Waals surface area contributed by atoms with E-state index in [9.17, 15) is 19.5 Å². The molecule has 3 N–H and O–H groups in total. The molecular formula is C25H24N2O5. The second-order valence-electron chi connectivity index (χ2n) is 7.65. The molecule has 0 bridgehead atoms. The molecule has 3 aromatic rings. The zero-order chi connectivity index (χ0) is 23.1. The number of carbonyl (C=O) groups excluding carboxylic acids is 1. The molecule has 164 valence electrons. The maximum Gasteiger partial charge on any atom is 0.337 e. The molecule has 32 heavy (non-hydrogen) atoms. The zero-order valence-corrected chi connectivity index (χ0v) is 17.6. The summed E-state index contributed by atoms with van der Waals surface area (Å²) in [7, 11) is 0. The largest absolute Gasteiger partial charge is 0.481 e. The number of carbonyl (C=O) groups is 3. The monoisotopic (exact) mass is 432 g/mol. The highest BCUT2D eigenvalue weighted by molar-refractivity contribution is 5.94. The molecule has 0 saturated heterocycles. The molecule has 1 aromatic heterocycles. The van der Waals surface area contributed by atoms with E-state index in [-0.39, 0.29) is 17.7 Å². The fraction of sp³-hybridized carbons (Fsp3) is 0.200. The Kier molecular flexibility index (Phi) is 7.33. The van der Waals surface area contributed by atoms with E-state index >= 15 is 0 Å². The topological polar surface area (TPSA) is 117 Å². The molecule has 7 nitrogen and oxygen atoms in total. The molecule has 3 rings (SSSR count). The minimum absolute atomic E-state index is 0.0175. The number of carboxylic acids is 2. The summed E-state index contributed by atoms with van der Waals surface area (Å²) in [6, 6.07) is 20.1. The number of aromatic carboxylic acids is 1. The Morgan fingerprint density at radius 1 is 0.906 bits per heavy atom. The van der Waals surface area contributed by atoms with Crippen LogP contribution in [-0.2, 0) is 11.2 Å². The van der Waals surface area contributed by atoms with Crippen LogP contribution in [0.4, 0.5) is 0 Å². The molecule has 1 heterocycles. The standard InChI is InChI=1S/C25H24N2O5/c1-16(24(29)30)13-21(27-23(28)22-12-11-20(15-26-22)25(31)32)14-17-7-9-19(10-8-17)18-5-3-2-4-6-18/h2-12,15-16,21H,13-14H2,1H3,(H,27,28)(H,29,30)(H,31,32)/t16-,21?/m1/s1. The number of carboxylic acid groups (broad SMARTS) is 2. The SMILES string of the molecule is C[C@H](CC(Cc1ccc(-c2ccccc2)cc1)NC(=O)c1ccc(C(=O)O)cn1)C(=O)O. The van der Waals surface area contributed by atoms with Crippen LogP contribution < -0.4 is 5.32 Å². The summed E-state index contributed by atoms with van der Waals surface area (Å²) in [6.45, 7) is 1.60. The molecule has 0 aliphatic rings. The summed E-state index contributed by atoms with van der Waals surface area (Å²) >= 11 is 0. The van der Waals surface area contributed by atoms with Crippen molar-refractivity contribution in [2.24, 2.45) is 5.92 Å². The lowest BCUT2D eigenvalue weighted by Crippen LogP contribution is -2.39. The lowest BCUT2D eigenvalue weighted by Gasteiger charge is -2.21. The molecule has 0 radical (unpaired) electrons. The van der Waals surface area contributed by atoms with Gasteiger partial charge in [-0.15, -0.1) is 0 Å². The highest BCUT2D eigenvalue weighted by Gasteiger charge is 2.22. The number of hydrogen-bond acceptors (Lipinski definition) is 4. The van der Waals surface area contributed by atoms with Gasteiger partial charge < -0.3 is 15.5 Å². The first-order chi connectivity index (χ1) is 15.3. The molecule has 0 aliphatic heterocycles. The molecule has 1 unspecified atom stereocenters. The van der Waals surface area contributed by atoms with Gasteiger partial charge in [-0.25, -0.2) is 4.79 Å². The van der Waals surface area contributed by atoms with Crippen molar-refractivity contribution in [2.45, 2.75) is 25.8 Å². The highest BCUT2D eigenvalue weighted by Crippen LogP contribution is 2.21. The summed E-state index contributed by atoms with van der Waals surface area (Å²) in [5.41, 5.74) is 3.18. The lowest BCUT2D eigenvalue weighted by molar-refractivity contribution is -0.141. The number of nitrogens with one attached hydrogen (secondary N) is 1. The van der Waals surface area contributed by atoms with Crippen molar-refractivity contribution in [2.75, 3.05) is 0 Å². The van der Waals surface area contributed by atoms with Gasteiger partial charge in [0.15, 0.2) is 0 Å². The van der Waals surface area contributed by atoms with E-state index in [1.165, 1.54) is 12.1 Å². The smallest absolute Gasteiger partial charge is 0.337 e. The molecule has 2 atom stereocenters. The third kappa shape index (κ3) is 6.01. The average molecular weight is 432 g/mol. The third-order valence-corrected chi connectivity index (χ3v) is 5.18. The van der Waals surface area contributed by atoms with E-state index in [2.05, 4.69) is 10.3 Å². The summed E-state index contributed by atoms with van der Waals surface area (Å²) in [5, 5.41) is 21.1. The van der Waals surface area contributed by atoms with Crippen LogP contribution in [0.1, 0.15) is 39.8 Å². The van der Waals surface area contributed by atoms with Crippen molar-refractivity contribution in [1.82, 2.24) is 10.3 Å². The number of pyridine rings is 1. The molecule has 0 spiro atoms. The minimum atomic E-state index is -1.13. The molecule has 0 saturated carbocycles. The second kappa shape index (κ2) is 10.3. The van der Waals surface area contributed by atoms with Crippen molar-refractivity contribution in [3.63, 3.8) is 0 Å². The van der Waals surface area contributed by atoms with Gasteiger partial charge in [0.25, 0.3) is 5.91 Å². The Bertz CT molecular complexity index is 1080. The molecule has 0 fully saturated rings. The zero-order valence-electron chi connectivity index (χ0n) is 17.6. The van der Waals surface area contributed by atoms with E-state index in [0.717, 1.165) is 22.9 Å². The second-order valence-corrected chi connectivity index (χ2v) is 7.65. The predicted octanol–water partition coefficient (Wildman–Crippen LogP) is 3.90. The number of nitrogens with zero attached hydrogens (tertiary/aromatic N) is 1. The third-order valence-electron chi connectivity index (χ3n) is 5.18. The van der Waals surface area contributed by atoms with E-state index < -0.39 is 29.8 Å². The van der Waals surface area contributed by atoms with Gasteiger partial charge in [-0.1, -0.05) is 61.5 Å². The molecule has 7 heteroatoms. The number of rotatable bonds is 9. The Labute approximate surface area is 185 Å². The van der Waals surface area contributed by atoms with Crippen molar-refractivity contribution in [3.8, 4) is 11.1 Å². The van der Waals surface area contributed by atoms with Gasteiger partial charge in [0.05, 0.1) is 11.5 Å². The Balaban J connectivity index is 1.74. The summed E-state index contributed by atoms with van der Waals surface area (Å²) in [4.78, 5) is 38.9. The molecule has 0 aliphatic carbocycles. The first-order valence-corrected chi connectivity index (χ1v) is 10.2. The van der Waals surface area contributed by atoms with Crippen LogP contribution in [0.3, 0.4) is 0 Å². The quantitative estimate of drug-likeness (QED) is 0.472. The van der Waals surface area contributed by atoms with E-state index in [1.54, 1.807) is 6.92 Å². The summed E-state index contributed by atoms with van der Waals surface area (Å²) < 4.78 is 0. The summed E-state index contributed by atoms with van der Waals surface area (Å²) in [6.07, 6.45) is 1.81. The fourth-order valence-corrected chi connectivity index (χ4v) is 3.38. The van der Waals surface area contributed by atoms with E-state index in [4.69, 9.17) is 5.11 Å². The number of benzene rings is 2. The van der Waals surface area contributed by atoms with Crippen LogP contribution in [-0.4, -0.2) is 39.1 Å². The normalized spacial score (nSPS) is 12.5. The van der Waals surface area contributed by atoms with Crippen LogP contribution in [0.2, 0.25) is 0 Å². The highest BCUT2D eigenvalue weighted by atomic mass is 16.4. The van der Waals surface area contributed by atoms with E-state index in [0.29, 0.717) is 6.42 Å². The number of aliphatic carboxylic acids is 1. The first-order valence-electron chi connectivity index (χ1n) is 10.2. The van der Waals surface area contributed by atoms with Crippen molar-refractivity contribution in [1.29, 1.82) is 0 Å². The number of aromatic nitrogens is 1. The maximum atomic E-state index is 12.6. The Morgan fingerprint density at radius 3 is 2.12 bits per heavy atom. The number of amides is 1. The predicted molar refractivity (Wildman–Crippen MR) is 119 cm³/mol. The van der Waals surface area contributed by atoms with Crippen LogP contribution in [0.5, 0.6) is 0 Å². The summed E-state index contributed by atoms with van der Waals surface area (Å²) in [5.74, 6) is -3.19. The van der Waals surface area contributed by atoms with Gasteiger partial charge >= 0.3 is 11.9 Å². The van der Waals surface area contributed by atoms with Crippen LogP contribution in [0.15, 0.2) is 72.9 Å². The fourth-order valence-electron chi connectivity index (χ4n) is 3.38. The van der Waals surface area contributed by atoms with Crippen LogP contribution in [0, 0.1) is 5.92 Å². The van der Waals surface area contributed by atoms with Gasteiger partial charge in [-0.3, -0.25) is 14.6 Å². The first kappa shape index (κ1) is 22.7. The van der Waals surface area contributed by atoms with E-state index in [1.807, 2.05) is 54.6 Å². The van der Waals surface area contributed by atoms with Crippen molar-refractivity contribution in [3.05, 3.63) is 89.7 Å². The van der Waals surface area contributed by atoms with Crippen LogP contribution in [0.25, 0.3) is 11.1 Å². The minimum Gasteiger partial charge on any atom is -0.481 e. The maximum absolute atomic E-state index is 12.6. The molecule has 1 amide bonds. The Morgan fingerprint density at radius 2 is 1.56 bits per heavy atom. The van der Waals surface area contributed by atoms with Gasteiger partial charge in [0, 0.05) is 12.2 Å².